The summed E-state index contributed by atoms with van der Waals surface area (Å²) < 4.78 is 26.6. The van der Waals surface area contributed by atoms with Crippen molar-refractivity contribution >= 4 is 22.9 Å². The highest BCUT2D eigenvalue weighted by molar-refractivity contribution is 7.16. The van der Waals surface area contributed by atoms with Crippen LogP contribution in [-0.2, 0) is 0 Å². The van der Waals surface area contributed by atoms with Crippen LogP contribution in [0.3, 0.4) is 0 Å². The zero-order chi connectivity index (χ0) is 12.4. The summed E-state index contributed by atoms with van der Waals surface area (Å²) >= 11 is 7.15. The standard InChI is InChI=1S/C11H9ClF2N2S/c12-10-4-3-9(17-10)11(16-15)6-1-2-7(13)8(14)5-6/h1-5,11,16H,15H2. The first-order valence-electron chi connectivity index (χ1n) is 4.78. The van der Waals surface area contributed by atoms with Gasteiger partial charge in [0.2, 0.25) is 0 Å². The van der Waals surface area contributed by atoms with Crippen LogP contribution in [0.2, 0.25) is 4.34 Å². The molecule has 2 rings (SSSR count). The second-order valence-corrected chi connectivity index (χ2v) is 5.16. The van der Waals surface area contributed by atoms with Gasteiger partial charge in [-0.15, -0.1) is 11.3 Å². The first-order valence-corrected chi connectivity index (χ1v) is 5.97. The van der Waals surface area contributed by atoms with Gasteiger partial charge in [0.25, 0.3) is 0 Å². The predicted molar refractivity (Wildman–Crippen MR) is 64.9 cm³/mol. The lowest BCUT2D eigenvalue weighted by Gasteiger charge is -2.14. The van der Waals surface area contributed by atoms with Gasteiger partial charge in [-0.25, -0.2) is 14.2 Å². The van der Waals surface area contributed by atoms with Gasteiger partial charge in [0.05, 0.1) is 10.4 Å². The molecule has 0 bridgehead atoms. The molecule has 0 radical (unpaired) electrons. The number of nitrogens with two attached hydrogens (primary N) is 1. The summed E-state index contributed by atoms with van der Waals surface area (Å²) in [4.78, 5) is 0.837. The van der Waals surface area contributed by atoms with Crippen LogP contribution in [0, 0.1) is 11.6 Å². The van der Waals surface area contributed by atoms with Crippen molar-refractivity contribution in [3.05, 3.63) is 56.7 Å². The second-order valence-electron chi connectivity index (χ2n) is 3.42. The van der Waals surface area contributed by atoms with Crippen molar-refractivity contribution in [1.82, 2.24) is 5.43 Å². The molecule has 1 atom stereocenters. The van der Waals surface area contributed by atoms with Crippen LogP contribution in [0.25, 0.3) is 0 Å². The van der Waals surface area contributed by atoms with E-state index in [1.807, 2.05) is 0 Å². The molecule has 0 saturated heterocycles. The first-order chi connectivity index (χ1) is 8.11. The zero-order valence-corrected chi connectivity index (χ0v) is 10.2. The van der Waals surface area contributed by atoms with E-state index in [0.717, 1.165) is 17.0 Å². The molecule has 1 unspecified atom stereocenters. The van der Waals surface area contributed by atoms with Gasteiger partial charge in [-0.2, -0.15) is 0 Å². The number of halogens is 3. The van der Waals surface area contributed by atoms with Crippen molar-refractivity contribution < 1.29 is 8.78 Å². The number of hydrogen-bond acceptors (Lipinski definition) is 3. The van der Waals surface area contributed by atoms with E-state index < -0.39 is 17.7 Å². The normalized spacial score (nSPS) is 12.7. The van der Waals surface area contributed by atoms with Crippen molar-refractivity contribution in [3.8, 4) is 0 Å². The zero-order valence-electron chi connectivity index (χ0n) is 8.58. The van der Waals surface area contributed by atoms with Gasteiger partial charge in [-0.05, 0) is 29.8 Å². The van der Waals surface area contributed by atoms with Gasteiger partial charge in [0, 0.05) is 4.88 Å². The minimum atomic E-state index is -0.898. The summed E-state index contributed by atoms with van der Waals surface area (Å²) in [5, 5.41) is 0. The third-order valence-electron chi connectivity index (χ3n) is 2.32. The lowest BCUT2D eigenvalue weighted by Crippen LogP contribution is -2.28. The minimum Gasteiger partial charge on any atom is -0.271 e. The monoisotopic (exact) mass is 274 g/mol. The van der Waals surface area contributed by atoms with Crippen molar-refractivity contribution in [2.75, 3.05) is 0 Å². The van der Waals surface area contributed by atoms with Crippen LogP contribution >= 0.6 is 22.9 Å². The highest BCUT2D eigenvalue weighted by atomic mass is 35.5. The molecule has 1 aromatic heterocycles. The van der Waals surface area contributed by atoms with Crippen molar-refractivity contribution in [3.63, 3.8) is 0 Å². The van der Waals surface area contributed by atoms with E-state index in [1.54, 1.807) is 12.1 Å². The molecule has 0 spiro atoms. The number of thiophene rings is 1. The van der Waals surface area contributed by atoms with Gasteiger partial charge >= 0.3 is 0 Å². The Kier molecular flexibility index (Phi) is 3.73. The number of hydrogen-bond donors (Lipinski definition) is 2. The highest BCUT2D eigenvalue weighted by Gasteiger charge is 2.16. The quantitative estimate of drug-likeness (QED) is 0.666. The lowest BCUT2D eigenvalue weighted by atomic mass is 10.1. The maximum Gasteiger partial charge on any atom is 0.159 e. The Hall–Kier alpha value is -1.01. The molecule has 1 heterocycles. The molecule has 1 aromatic carbocycles. The van der Waals surface area contributed by atoms with Gasteiger partial charge in [0.15, 0.2) is 11.6 Å². The SMILES string of the molecule is NNC(c1ccc(F)c(F)c1)c1ccc(Cl)s1. The Morgan fingerprint density at radius 3 is 2.47 bits per heavy atom. The second kappa shape index (κ2) is 5.10. The molecular weight excluding hydrogens is 266 g/mol. The lowest BCUT2D eigenvalue weighted by molar-refractivity contribution is 0.504. The Labute approximate surface area is 106 Å². The minimum absolute atomic E-state index is 0.400. The van der Waals surface area contributed by atoms with Crippen LogP contribution in [0.5, 0.6) is 0 Å². The van der Waals surface area contributed by atoms with Crippen LogP contribution in [0.15, 0.2) is 30.3 Å². The Balaban J connectivity index is 2.38. The summed E-state index contributed by atoms with van der Waals surface area (Å²) in [7, 11) is 0. The molecule has 0 saturated carbocycles. The summed E-state index contributed by atoms with van der Waals surface area (Å²) in [6.07, 6.45) is 0. The highest BCUT2D eigenvalue weighted by Crippen LogP contribution is 2.30. The van der Waals surface area contributed by atoms with Gasteiger partial charge in [-0.1, -0.05) is 17.7 Å². The molecule has 90 valence electrons. The Morgan fingerprint density at radius 2 is 1.94 bits per heavy atom. The number of rotatable bonds is 3. The molecule has 0 fully saturated rings. The summed E-state index contributed by atoms with van der Waals surface area (Å²) in [6, 6.07) is 6.79. The van der Waals surface area contributed by atoms with E-state index >= 15 is 0 Å². The van der Waals surface area contributed by atoms with Crippen molar-refractivity contribution in [2.24, 2.45) is 5.84 Å². The topological polar surface area (TPSA) is 38.0 Å². The number of hydrazine groups is 1. The first kappa shape index (κ1) is 12.4. The fourth-order valence-corrected chi connectivity index (χ4v) is 2.67. The molecule has 0 aliphatic heterocycles. The van der Waals surface area contributed by atoms with Gasteiger partial charge < -0.3 is 0 Å². The third kappa shape index (κ3) is 2.63. The molecule has 0 aliphatic carbocycles. The van der Waals surface area contributed by atoms with Crippen LogP contribution in [-0.4, -0.2) is 0 Å². The molecular formula is C11H9ClF2N2S. The maximum atomic E-state index is 13.1. The molecule has 2 nitrogen and oxygen atoms in total. The van der Waals surface area contributed by atoms with E-state index in [2.05, 4.69) is 5.43 Å². The van der Waals surface area contributed by atoms with Gasteiger partial charge in [0.1, 0.15) is 0 Å². The molecule has 0 amide bonds. The van der Waals surface area contributed by atoms with E-state index in [-0.39, 0.29) is 0 Å². The summed E-state index contributed by atoms with van der Waals surface area (Å²) in [5.41, 5.74) is 3.10. The average Bonchev–Trinajstić information content (AvgIpc) is 2.71. The fourth-order valence-electron chi connectivity index (χ4n) is 1.52. The van der Waals surface area contributed by atoms with Crippen molar-refractivity contribution in [2.45, 2.75) is 6.04 Å². The molecule has 6 heteroatoms. The predicted octanol–water partition coefficient (Wildman–Crippen LogP) is 3.23. The molecule has 0 aliphatic rings. The van der Waals surface area contributed by atoms with E-state index in [1.165, 1.54) is 17.4 Å². The van der Waals surface area contributed by atoms with Crippen LogP contribution in [0.1, 0.15) is 16.5 Å². The fraction of sp³-hybridized carbons (Fsp3) is 0.0909. The average molecular weight is 275 g/mol. The largest absolute Gasteiger partial charge is 0.271 e. The van der Waals surface area contributed by atoms with E-state index in [0.29, 0.717) is 9.90 Å². The van der Waals surface area contributed by atoms with Crippen LogP contribution in [0.4, 0.5) is 8.78 Å². The molecule has 3 N–H and O–H groups in total. The van der Waals surface area contributed by atoms with Crippen LogP contribution < -0.4 is 11.3 Å². The summed E-state index contributed by atoms with van der Waals surface area (Å²) in [6.45, 7) is 0. The summed E-state index contributed by atoms with van der Waals surface area (Å²) in [5.74, 6) is 3.65. The number of nitrogens with one attached hydrogen (secondary N) is 1. The Bertz CT molecular complexity index is 530. The smallest absolute Gasteiger partial charge is 0.159 e. The van der Waals surface area contributed by atoms with E-state index in [9.17, 15) is 8.78 Å². The third-order valence-corrected chi connectivity index (χ3v) is 3.62. The van der Waals surface area contributed by atoms with Gasteiger partial charge in [-0.3, -0.25) is 5.84 Å². The number of benzene rings is 1. The Morgan fingerprint density at radius 1 is 1.18 bits per heavy atom. The maximum absolute atomic E-state index is 13.1. The molecule has 2 aromatic rings. The van der Waals surface area contributed by atoms with Crippen molar-refractivity contribution in [1.29, 1.82) is 0 Å². The van der Waals surface area contributed by atoms with E-state index in [4.69, 9.17) is 17.4 Å². The molecule has 17 heavy (non-hydrogen) atoms.